The summed E-state index contributed by atoms with van der Waals surface area (Å²) >= 11 is 5.97. The summed E-state index contributed by atoms with van der Waals surface area (Å²) in [4.78, 5) is 12.3. The van der Waals surface area contributed by atoms with Gasteiger partial charge in [0.1, 0.15) is 5.82 Å². The highest BCUT2D eigenvalue weighted by atomic mass is 35.5. The third kappa shape index (κ3) is 2.42. The average Bonchev–Trinajstić information content (AvgIpc) is 3.27. The zero-order chi connectivity index (χ0) is 17.7. The number of benzene rings is 2. The van der Waals surface area contributed by atoms with Crippen LogP contribution in [-0.4, -0.2) is 22.5 Å². The lowest BCUT2D eigenvalue weighted by Gasteiger charge is -2.24. The van der Waals surface area contributed by atoms with Crippen molar-refractivity contribution in [1.29, 1.82) is 0 Å². The fraction of sp³-hybridized carbons (Fsp3) is 0.158. The van der Waals surface area contributed by atoms with Crippen molar-refractivity contribution < 1.29 is 14.3 Å². The molecule has 1 aromatic heterocycles. The number of rotatable bonds is 2. The predicted molar refractivity (Wildman–Crippen MR) is 96.2 cm³/mol. The first-order valence-corrected chi connectivity index (χ1v) is 8.60. The van der Waals surface area contributed by atoms with Crippen molar-refractivity contribution in [3.8, 4) is 17.2 Å². The van der Waals surface area contributed by atoms with Gasteiger partial charge < -0.3 is 14.8 Å². The van der Waals surface area contributed by atoms with Crippen LogP contribution in [0.4, 0.5) is 5.82 Å². The predicted octanol–water partition coefficient (Wildman–Crippen LogP) is 3.73. The van der Waals surface area contributed by atoms with Gasteiger partial charge in [-0.15, -0.1) is 0 Å². The van der Waals surface area contributed by atoms with E-state index in [0.29, 0.717) is 23.0 Å². The van der Waals surface area contributed by atoms with E-state index in [1.165, 1.54) is 0 Å². The number of carbonyl (C=O) groups is 1. The summed E-state index contributed by atoms with van der Waals surface area (Å²) in [6.45, 7) is 0.226. The Morgan fingerprint density at radius 2 is 1.92 bits per heavy atom. The van der Waals surface area contributed by atoms with Crippen molar-refractivity contribution >= 4 is 23.3 Å². The third-order valence-corrected chi connectivity index (χ3v) is 4.94. The zero-order valence-corrected chi connectivity index (χ0v) is 14.4. The van der Waals surface area contributed by atoms with E-state index in [1.54, 1.807) is 23.0 Å². The maximum Gasteiger partial charge on any atom is 0.231 e. The number of fused-ring (bicyclic) bond motifs is 2. The lowest BCUT2D eigenvalue weighted by atomic mass is 9.87. The molecule has 5 rings (SSSR count). The standard InChI is InChI=1S/C19H14ClN3O3/c20-12-2-4-13(5-3-12)23-19-15(9-21-23)14(8-18(24)22-19)11-1-6-16-17(7-11)26-10-25-16/h1-7,9,14H,8,10H2,(H,22,24). The van der Waals surface area contributed by atoms with Gasteiger partial charge in [-0.25, -0.2) is 4.68 Å². The number of nitrogens with zero attached hydrogens (tertiary/aromatic N) is 2. The number of carbonyl (C=O) groups excluding carboxylic acids is 1. The van der Waals surface area contributed by atoms with Gasteiger partial charge in [-0.3, -0.25) is 4.79 Å². The molecule has 6 nitrogen and oxygen atoms in total. The molecule has 0 fully saturated rings. The van der Waals surface area contributed by atoms with Gasteiger partial charge >= 0.3 is 0 Å². The van der Waals surface area contributed by atoms with Gasteiger partial charge in [-0.05, 0) is 42.0 Å². The molecule has 0 radical (unpaired) electrons. The molecule has 1 atom stereocenters. The number of aromatic nitrogens is 2. The largest absolute Gasteiger partial charge is 0.454 e. The van der Waals surface area contributed by atoms with Gasteiger partial charge in [0, 0.05) is 22.9 Å². The lowest BCUT2D eigenvalue weighted by Crippen LogP contribution is -2.24. The monoisotopic (exact) mass is 367 g/mol. The Kier molecular flexibility index (Phi) is 3.39. The van der Waals surface area contributed by atoms with Crippen LogP contribution in [-0.2, 0) is 4.79 Å². The van der Waals surface area contributed by atoms with Crippen LogP contribution in [0.15, 0.2) is 48.7 Å². The summed E-state index contributed by atoms with van der Waals surface area (Å²) in [5.74, 6) is 1.99. The SMILES string of the molecule is O=C1CC(c2ccc3c(c2)OCO3)c2cnn(-c3ccc(Cl)cc3)c2N1. The first kappa shape index (κ1) is 15.3. The number of hydrogen-bond donors (Lipinski definition) is 1. The van der Waals surface area contributed by atoms with Gasteiger partial charge in [0.2, 0.25) is 12.7 Å². The van der Waals surface area contributed by atoms with E-state index >= 15 is 0 Å². The smallest absolute Gasteiger partial charge is 0.231 e. The van der Waals surface area contributed by atoms with Crippen LogP contribution < -0.4 is 14.8 Å². The summed E-state index contributed by atoms with van der Waals surface area (Å²) < 4.78 is 12.6. The molecule has 2 aliphatic rings. The number of halogens is 1. The van der Waals surface area contributed by atoms with E-state index in [4.69, 9.17) is 21.1 Å². The van der Waals surface area contributed by atoms with Gasteiger partial charge in [0.05, 0.1) is 11.9 Å². The highest BCUT2D eigenvalue weighted by Gasteiger charge is 2.31. The quantitative estimate of drug-likeness (QED) is 0.749. The van der Waals surface area contributed by atoms with Crippen molar-refractivity contribution in [2.75, 3.05) is 12.1 Å². The number of hydrogen-bond acceptors (Lipinski definition) is 4. The number of anilines is 1. The second-order valence-electron chi connectivity index (χ2n) is 6.25. The first-order chi connectivity index (χ1) is 12.7. The molecular formula is C19H14ClN3O3. The molecule has 0 bridgehead atoms. The maximum atomic E-state index is 12.3. The maximum absolute atomic E-state index is 12.3. The van der Waals surface area contributed by atoms with Crippen LogP contribution in [0.1, 0.15) is 23.5 Å². The summed E-state index contributed by atoms with van der Waals surface area (Å²) in [7, 11) is 0. The molecule has 2 aromatic carbocycles. The molecule has 1 N–H and O–H groups in total. The number of ether oxygens (including phenoxy) is 2. The van der Waals surface area contributed by atoms with Crippen LogP contribution in [0.2, 0.25) is 5.02 Å². The van der Waals surface area contributed by atoms with Gasteiger partial charge in [-0.1, -0.05) is 17.7 Å². The minimum Gasteiger partial charge on any atom is -0.454 e. The Hall–Kier alpha value is -2.99. The van der Waals surface area contributed by atoms with Crippen molar-refractivity contribution in [3.05, 3.63) is 64.8 Å². The van der Waals surface area contributed by atoms with Gasteiger partial charge in [0.15, 0.2) is 11.5 Å². The first-order valence-electron chi connectivity index (χ1n) is 8.22. The van der Waals surface area contributed by atoms with E-state index in [-0.39, 0.29) is 18.6 Å². The summed E-state index contributed by atoms with van der Waals surface area (Å²) in [5, 5.41) is 8.08. The van der Waals surface area contributed by atoms with E-state index in [2.05, 4.69) is 10.4 Å². The Morgan fingerprint density at radius 1 is 1.12 bits per heavy atom. The van der Waals surface area contributed by atoms with Crippen LogP contribution in [0.5, 0.6) is 11.5 Å². The second-order valence-corrected chi connectivity index (χ2v) is 6.69. The number of nitrogens with one attached hydrogen (secondary N) is 1. The minimum atomic E-state index is -0.0886. The number of amides is 1. The normalized spacial score (nSPS) is 17.7. The van der Waals surface area contributed by atoms with Crippen LogP contribution >= 0.6 is 11.6 Å². The molecule has 1 unspecified atom stereocenters. The van der Waals surface area contributed by atoms with Crippen molar-refractivity contribution in [2.45, 2.75) is 12.3 Å². The molecule has 26 heavy (non-hydrogen) atoms. The Bertz CT molecular complexity index is 1010. The molecule has 0 saturated heterocycles. The third-order valence-electron chi connectivity index (χ3n) is 4.69. The Morgan fingerprint density at radius 3 is 2.77 bits per heavy atom. The summed E-state index contributed by atoms with van der Waals surface area (Å²) in [6, 6.07) is 13.1. The van der Waals surface area contributed by atoms with Crippen LogP contribution in [0, 0.1) is 0 Å². The molecule has 0 saturated carbocycles. The molecule has 7 heteroatoms. The lowest BCUT2D eigenvalue weighted by molar-refractivity contribution is -0.116. The van der Waals surface area contributed by atoms with E-state index in [9.17, 15) is 4.79 Å². The fourth-order valence-electron chi connectivity index (χ4n) is 3.43. The fourth-order valence-corrected chi connectivity index (χ4v) is 3.55. The van der Waals surface area contributed by atoms with E-state index < -0.39 is 0 Å². The van der Waals surface area contributed by atoms with Gasteiger partial charge in [0.25, 0.3) is 0 Å². The minimum absolute atomic E-state index is 0.0455. The van der Waals surface area contributed by atoms with Crippen molar-refractivity contribution in [3.63, 3.8) is 0 Å². The van der Waals surface area contributed by atoms with Crippen molar-refractivity contribution in [2.24, 2.45) is 0 Å². The van der Waals surface area contributed by atoms with E-state index in [0.717, 1.165) is 22.6 Å². The van der Waals surface area contributed by atoms with E-state index in [1.807, 2.05) is 30.3 Å². The van der Waals surface area contributed by atoms with Crippen molar-refractivity contribution in [1.82, 2.24) is 9.78 Å². The highest BCUT2D eigenvalue weighted by molar-refractivity contribution is 6.30. The summed E-state index contributed by atoms with van der Waals surface area (Å²) in [6.07, 6.45) is 2.16. The molecule has 130 valence electrons. The molecule has 3 aromatic rings. The Balaban J connectivity index is 1.59. The molecule has 0 aliphatic carbocycles. The molecular weight excluding hydrogens is 354 g/mol. The molecule has 1 amide bonds. The average molecular weight is 368 g/mol. The van der Waals surface area contributed by atoms with Crippen LogP contribution in [0.3, 0.4) is 0 Å². The second kappa shape index (κ2) is 5.78. The topological polar surface area (TPSA) is 65.4 Å². The zero-order valence-electron chi connectivity index (χ0n) is 13.6. The highest BCUT2D eigenvalue weighted by Crippen LogP contribution is 2.41. The molecule has 0 spiro atoms. The van der Waals surface area contributed by atoms with Gasteiger partial charge in [-0.2, -0.15) is 5.10 Å². The molecule has 3 heterocycles. The van der Waals surface area contributed by atoms with Crippen LogP contribution in [0.25, 0.3) is 5.69 Å². The molecule has 2 aliphatic heterocycles. The Labute approximate surface area is 154 Å². The summed E-state index contributed by atoms with van der Waals surface area (Å²) in [5.41, 5.74) is 2.81.